The molecule has 0 rings (SSSR count). The minimum Gasteiger partial charge on any atom is -0.462 e. The highest BCUT2D eigenvalue weighted by molar-refractivity contribution is 5.71. The fraction of sp³-hybridized carbons (Fsp3) is 0.855. The van der Waals surface area contributed by atoms with Gasteiger partial charge in [-0.15, -0.1) is 0 Å². The molecule has 0 N–H and O–H groups in total. The first-order chi connectivity index (χ1) is 40.5. The molecule has 480 valence electrons. The van der Waals surface area contributed by atoms with Crippen LogP contribution in [0.2, 0.25) is 0 Å². The van der Waals surface area contributed by atoms with Gasteiger partial charge in [0.15, 0.2) is 6.10 Å². The molecule has 6 nitrogen and oxygen atoms in total. The maximum Gasteiger partial charge on any atom is 0.306 e. The first-order valence-corrected chi connectivity index (χ1v) is 36.6. The third-order valence-corrected chi connectivity index (χ3v) is 16.6. The smallest absolute Gasteiger partial charge is 0.306 e. The molecule has 0 saturated carbocycles. The summed E-state index contributed by atoms with van der Waals surface area (Å²) in [5.41, 5.74) is 0. The van der Waals surface area contributed by atoms with Crippen LogP contribution < -0.4 is 0 Å². The summed E-state index contributed by atoms with van der Waals surface area (Å²) in [4.78, 5) is 38.4. The lowest BCUT2D eigenvalue weighted by Crippen LogP contribution is -2.30. The van der Waals surface area contributed by atoms with Crippen LogP contribution in [-0.2, 0) is 28.6 Å². The summed E-state index contributed by atoms with van der Waals surface area (Å²) < 4.78 is 17.0. The molecule has 0 amide bonds. The molecule has 82 heavy (non-hydrogen) atoms. The number of hydrogen-bond acceptors (Lipinski definition) is 6. The number of esters is 3. The number of allylic oxidation sites excluding steroid dienone is 8. The van der Waals surface area contributed by atoms with Crippen molar-refractivity contribution in [3.05, 3.63) is 48.6 Å². The Balaban J connectivity index is 4.15. The fourth-order valence-electron chi connectivity index (χ4n) is 11.0. The number of carbonyl (C=O) groups excluding carboxylic acids is 3. The SMILES string of the molecule is CCCCCCC/C=C\C/C=C\C/C=C\CCCCCCCCCCCCCCCCCCCCC(=O)OCC(COC(=O)CCCCCCCCCCCCCCCCC)OC(=O)CCCCCCC/C=C\CCCCCCCCC. The molecule has 0 aromatic carbocycles. The number of ether oxygens (including phenoxy) is 3. The van der Waals surface area contributed by atoms with Crippen molar-refractivity contribution < 1.29 is 28.6 Å². The molecule has 1 unspecified atom stereocenters. The van der Waals surface area contributed by atoms with Crippen molar-refractivity contribution in [3.63, 3.8) is 0 Å². The number of unbranched alkanes of at least 4 members (excludes halogenated alkanes) is 49. The summed E-state index contributed by atoms with van der Waals surface area (Å²) in [7, 11) is 0. The molecule has 0 spiro atoms. The van der Waals surface area contributed by atoms with E-state index in [1.54, 1.807) is 0 Å². The Morgan fingerprint density at radius 1 is 0.244 bits per heavy atom. The zero-order chi connectivity index (χ0) is 59.2. The quantitative estimate of drug-likeness (QED) is 0.0261. The molecule has 0 heterocycles. The molecule has 0 saturated heterocycles. The van der Waals surface area contributed by atoms with Crippen molar-refractivity contribution in [1.29, 1.82) is 0 Å². The van der Waals surface area contributed by atoms with Crippen molar-refractivity contribution in [2.75, 3.05) is 13.2 Å². The number of hydrogen-bond donors (Lipinski definition) is 0. The van der Waals surface area contributed by atoms with Gasteiger partial charge in [0.25, 0.3) is 0 Å². The second kappa shape index (κ2) is 70.9. The van der Waals surface area contributed by atoms with Gasteiger partial charge in [0.05, 0.1) is 0 Å². The third kappa shape index (κ3) is 68.2. The van der Waals surface area contributed by atoms with E-state index in [1.165, 1.54) is 283 Å². The molecule has 0 aromatic heterocycles. The van der Waals surface area contributed by atoms with Crippen LogP contribution in [0.15, 0.2) is 48.6 Å². The first kappa shape index (κ1) is 79.4. The largest absolute Gasteiger partial charge is 0.462 e. The van der Waals surface area contributed by atoms with E-state index in [0.29, 0.717) is 19.3 Å². The standard InChI is InChI=1S/C76H140O6/c1-4-7-10-13-16-19-22-25-28-30-31-32-33-34-35-36-37-38-39-40-41-42-43-44-45-46-49-51-54-57-60-63-66-69-75(78)81-72-73(71-80-74(77)68-65-62-59-56-53-50-47-27-24-21-18-15-12-9-6-3)82-76(79)70-67-64-61-58-55-52-48-29-26-23-20-17-14-11-8-5-2/h22,25,29-31,33-34,48,73H,4-21,23-24,26-28,32,35-47,49-72H2,1-3H3/b25-22-,31-30-,34-33-,48-29-. The Hall–Kier alpha value is -2.63. The maximum absolute atomic E-state index is 12.9. The average Bonchev–Trinajstić information content (AvgIpc) is 3.47. The Bertz CT molecular complexity index is 1410. The summed E-state index contributed by atoms with van der Waals surface area (Å²) in [6.45, 7) is 6.69. The maximum atomic E-state index is 12.9. The van der Waals surface area contributed by atoms with Gasteiger partial charge in [0, 0.05) is 19.3 Å². The van der Waals surface area contributed by atoms with Crippen molar-refractivity contribution in [1.82, 2.24) is 0 Å². The Labute approximate surface area is 511 Å². The van der Waals surface area contributed by atoms with Crippen LogP contribution in [0.4, 0.5) is 0 Å². The topological polar surface area (TPSA) is 78.9 Å². The lowest BCUT2D eigenvalue weighted by molar-refractivity contribution is -0.167. The molecule has 0 fully saturated rings. The zero-order valence-corrected chi connectivity index (χ0v) is 55.3. The molecule has 6 heteroatoms. The molecule has 0 aliphatic rings. The van der Waals surface area contributed by atoms with Crippen LogP contribution in [0.3, 0.4) is 0 Å². The van der Waals surface area contributed by atoms with E-state index in [-0.39, 0.29) is 31.1 Å². The number of carbonyl (C=O) groups is 3. The molecule has 0 bridgehead atoms. The normalized spacial score (nSPS) is 12.3. The monoisotopic (exact) mass is 1150 g/mol. The van der Waals surface area contributed by atoms with E-state index in [2.05, 4.69) is 69.4 Å². The highest BCUT2D eigenvalue weighted by atomic mass is 16.6. The van der Waals surface area contributed by atoms with Gasteiger partial charge >= 0.3 is 17.9 Å². The van der Waals surface area contributed by atoms with Crippen LogP contribution in [0, 0.1) is 0 Å². The van der Waals surface area contributed by atoms with E-state index >= 15 is 0 Å². The summed E-state index contributed by atoms with van der Waals surface area (Å²) >= 11 is 0. The minimum absolute atomic E-state index is 0.0702. The summed E-state index contributed by atoms with van der Waals surface area (Å²) in [6, 6.07) is 0. The fourth-order valence-corrected chi connectivity index (χ4v) is 11.0. The number of rotatable bonds is 68. The lowest BCUT2D eigenvalue weighted by Gasteiger charge is -2.18. The van der Waals surface area contributed by atoms with Gasteiger partial charge in [0.1, 0.15) is 13.2 Å². The second-order valence-corrected chi connectivity index (χ2v) is 24.9. The van der Waals surface area contributed by atoms with Crippen LogP contribution in [0.25, 0.3) is 0 Å². The average molecular weight is 1150 g/mol. The molecule has 0 aromatic rings. The van der Waals surface area contributed by atoms with Crippen molar-refractivity contribution >= 4 is 17.9 Å². The predicted octanol–water partition coefficient (Wildman–Crippen LogP) is 25.3. The highest BCUT2D eigenvalue weighted by Crippen LogP contribution is 2.18. The van der Waals surface area contributed by atoms with E-state index in [9.17, 15) is 14.4 Å². The van der Waals surface area contributed by atoms with E-state index < -0.39 is 6.10 Å². The van der Waals surface area contributed by atoms with Gasteiger partial charge in [0.2, 0.25) is 0 Å². The van der Waals surface area contributed by atoms with Crippen molar-refractivity contribution in [3.8, 4) is 0 Å². The summed E-state index contributed by atoms with van der Waals surface area (Å²) in [6.07, 6.45) is 90.1. The highest BCUT2D eigenvalue weighted by Gasteiger charge is 2.19. The van der Waals surface area contributed by atoms with E-state index in [0.717, 1.165) is 77.0 Å². The molecule has 0 aliphatic carbocycles. The van der Waals surface area contributed by atoms with E-state index in [4.69, 9.17) is 14.2 Å². The lowest BCUT2D eigenvalue weighted by atomic mass is 10.0. The zero-order valence-electron chi connectivity index (χ0n) is 55.3. The van der Waals surface area contributed by atoms with Gasteiger partial charge in [-0.2, -0.15) is 0 Å². The van der Waals surface area contributed by atoms with Crippen LogP contribution >= 0.6 is 0 Å². The van der Waals surface area contributed by atoms with E-state index in [1.807, 2.05) is 0 Å². The first-order valence-electron chi connectivity index (χ1n) is 36.6. The Morgan fingerprint density at radius 3 is 0.695 bits per heavy atom. The van der Waals surface area contributed by atoms with Crippen LogP contribution in [-0.4, -0.2) is 37.2 Å². The molecule has 0 radical (unpaired) electrons. The van der Waals surface area contributed by atoms with Gasteiger partial charge in [-0.3, -0.25) is 14.4 Å². The van der Waals surface area contributed by atoms with Gasteiger partial charge in [-0.05, 0) is 83.5 Å². The van der Waals surface area contributed by atoms with Crippen LogP contribution in [0.5, 0.6) is 0 Å². The van der Waals surface area contributed by atoms with Crippen LogP contribution in [0.1, 0.15) is 400 Å². The van der Waals surface area contributed by atoms with Crippen molar-refractivity contribution in [2.45, 2.75) is 406 Å². The van der Waals surface area contributed by atoms with Gasteiger partial charge in [-0.25, -0.2) is 0 Å². The molecule has 1 atom stereocenters. The summed E-state index contributed by atoms with van der Waals surface area (Å²) in [5, 5.41) is 0. The Morgan fingerprint density at radius 2 is 0.439 bits per heavy atom. The predicted molar refractivity (Wildman–Crippen MR) is 358 cm³/mol. The minimum atomic E-state index is -0.775. The van der Waals surface area contributed by atoms with Gasteiger partial charge < -0.3 is 14.2 Å². The van der Waals surface area contributed by atoms with Gasteiger partial charge in [-0.1, -0.05) is 345 Å². The molecular weight excluding hydrogens is 1010 g/mol. The third-order valence-electron chi connectivity index (χ3n) is 16.6. The van der Waals surface area contributed by atoms with Crippen molar-refractivity contribution in [2.24, 2.45) is 0 Å². The molecular formula is C76H140O6. The summed E-state index contributed by atoms with van der Waals surface area (Å²) in [5.74, 6) is -0.850. The Kier molecular flexibility index (Phi) is 68.6. The molecule has 0 aliphatic heterocycles. The second-order valence-electron chi connectivity index (χ2n) is 24.9.